The minimum atomic E-state index is -0.257. The van der Waals surface area contributed by atoms with Gasteiger partial charge in [-0.15, -0.1) is 0 Å². The van der Waals surface area contributed by atoms with Crippen LogP contribution >= 0.6 is 0 Å². The molecule has 0 bridgehead atoms. The maximum atomic E-state index is 12.7. The minimum absolute atomic E-state index is 0.124. The minimum Gasteiger partial charge on any atom is -0.288 e. The molecule has 0 N–H and O–H groups in total. The van der Waals surface area contributed by atoms with Crippen molar-refractivity contribution in [2.45, 2.75) is 0 Å². The van der Waals surface area contributed by atoms with E-state index in [1.807, 2.05) is 78.9 Å². The average Bonchev–Trinajstić information content (AvgIpc) is 2.65. The van der Waals surface area contributed by atoms with Crippen molar-refractivity contribution < 1.29 is 4.79 Å². The first-order valence-electron chi connectivity index (χ1n) is 7.65. The van der Waals surface area contributed by atoms with E-state index in [4.69, 9.17) is 0 Å². The highest BCUT2D eigenvalue weighted by molar-refractivity contribution is 6.18. The van der Waals surface area contributed by atoms with E-state index in [-0.39, 0.29) is 11.4 Å². The highest BCUT2D eigenvalue weighted by Gasteiger charge is 2.13. The van der Waals surface area contributed by atoms with Gasteiger partial charge in [-0.1, -0.05) is 84.9 Å². The molecule has 3 aromatic rings. The highest BCUT2D eigenvalue weighted by Crippen LogP contribution is 2.21. The number of benzene rings is 3. The number of nitrogens with zero attached hydrogens (tertiary/aromatic N) is 1. The van der Waals surface area contributed by atoms with Gasteiger partial charge in [-0.25, -0.2) is 0 Å². The van der Waals surface area contributed by atoms with E-state index >= 15 is 0 Å². The van der Waals surface area contributed by atoms with Crippen molar-refractivity contribution in [3.05, 3.63) is 102 Å². The zero-order valence-electron chi connectivity index (χ0n) is 13.0. The number of carbonyl (C=O) groups excluding carboxylic acids is 1. The number of carbonyl (C=O) groups is 1. The maximum absolute atomic E-state index is 12.7. The van der Waals surface area contributed by atoms with E-state index in [0.717, 1.165) is 16.3 Å². The van der Waals surface area contributed by atoms with Crippen molar-refractivity contribution in [2.24, 2.45) is 0 Å². The molecule has 0 atom stereocenters. The van der Waals surface area contributed by atoms with Crippen LogP contribution in [0.25, 0.3) is 16.8 Å². The lowest BCUT2D eigenvalue weighted by molar-refractivity contribution is 0.104. The summed E-state index contributed by atoms with van der Waals surface area (Å²) in [7, 11) is 0. The van der Waals surface area contributed by atoms with E-state index in [1.54, 1.807) is 18.2 Å². The molecule has 0 heterocycles. The molecule has 3 rings (SSSR count). The molecule has 0 radical (unpaired) electrons. The lowest BCUT2D eigenvalue weighted by atomic mass is 9.97. The Labute approximate surface area is 141 Å². The standard InChI is InChI=1S/C22H15NO/c23-16-19(13-6-10-17-8-2-1-3-9-17)22(24)21-15-7-12-18-11-4-5-14-20(18)21/h1-15H/b10-6+,19-13-. The molecule has 3 aromatic carbocycles. The van der Waals surface area contributed by atoms with Gasteiger partial charge in [0.2, 0.25) is 5.78 Å². The topological polar surface area (TPSA) is 40.9 Å². The van der Waals surface area contributed by atoms with E-state index in [1.165, 1.54) is 0 Å². The molecule has 0 fully saturated rings. The van der Waals surface area contributed by atoms with Gasteiger partial charge in [-0.3, -0.25) is 4.79 Å². The Kier molecular flexibility index (Phi) is 4.65. The summed E-state index contributed by atoms with van der Waals surface area (Å²) in [5, 5.41) is 11.2. The predicted octanol–water partition coefficient (Wildman–Crippen LogP) is 5.19. The largest absolute Gasteiger partial charge is 0.288 e. The maximum Gasteiger partial charge on any atom is 0.204 e. The van der Waals surface area contributed by atoms with Gasteiger partial charge in [-0.05, 0) is 22.4 Å². The Bertz CT molecular complexity index is 970. The second-order valence-electron chi connectivity index (χ2n) is 5.32. The fourth-order valence-corrected chi connectivity index (χ4v) is 2.55. The van der Waals surface area contributed by atoms with Crippen molar-refractivity contribution >= 4 is 22.6 Å². The molecule has 0 aliphatic heterocycles. The van der Waals surface area contributed by atoms with Crippen molar-refractivity contribution in [3.63, 3.8) is 0 Å². The number of fused-ring (bicyclic) bond motifs is 1. The van der Waals surface area contributed by atoms with Gasteiger partial charge in [-0.2, -0.15) is 5.26 Å². The van der Waals surface area contributed by atoms with Crippen molar-refractivity contribution in [2.75, 3.05) is 0 Å². The molecule has 0 saturated heterocycles. The van der Waals surface area contributed by atoms with Gasteiger partial charge in [0, 0.05) is 5.56 Å². The molecule has 0 unspecified atom stereocenters. The predicted molar refractivity (Wildman–Crippen MR) is 97.5 cm³/mol. The molecular weight excluding hydrogens is 294 g/mol. The summed E-state index contributed by atoms with van der Waals surface area (Å²) in [4.78, 5) is 12.7. The quantitative estimate of drug-likeness (QED) is 0.288. The third-order valence-electron chi connectivity index (χ3n) is 3.75. The van der Waals surface area contributed by atoms with E-state index in [9.17, 15) is 10.1 Å². The van der Waals surface area contributed by atoms with Crippen molar-refractivity contribution in [1.29, 1.82) is 5.26 Å². The third kappa shape index (κ3) is 3.31. The van der Waals surface area contributed by atoms with E-state index in [2.05, 4.69) is 0 Å². The summed E-state index contributed by atoms with van der Waals surface area (Å²) in [5.74, 6) is -0.257. The first-order valence-corrected chi connectivity index (χ1v) is 7.65. The van der Waals surface area contributed by atoms with Crippen molar-refractivity contribution in [1.82, 2.24) is 0 Å². The number of rotatable bonds is 4. The number of hydrogen-bond donors (Lipinski definition) is 0. The molecule has 0 saturated carbocycles. The van der Waals surface area contributed by atoms with Gasteiger partial charge in [0.05, 0.1) is 5.57 Å². The van der Waals surface area contributed by atoms with Gasteiger partial charge in [0.15, 0.2) is 0 Å². The first kappa shape index (κ1) is 15.5. The normalized spacial score (nSPS) is 11.5. The second kappa shape index (κ2) is 7.21. The Morgan fingerprint density at radius 3 is 2.38 bits per heavy atom. The summed E-state index contributed by atoms with van der Waals surface area (Å²) < 4.78 is 0. The summed E-state index contributed by atoms with van der Waals surface area (Å²) in [5.41, 5.74) is 1.69. The smallest absolute Gasteiger partial charge is 0.204 e. The average molecular weight is 309 g/mol. The molecule has 0 aliphatic carbocycles. The zero-order chi connectivity index (χ0) is 16.8. The van der Waals surface area contributed by atoms with E-state index < -0.39 is 0 Å². The van der Waals surface area contributed by atoms with Crippen LogP contribution in [0.3, 0.4) is 0 Å². The van der Waals surface area contributed by atoms with Crippen LogP contribution in [-0.4, -0.2) is 5.78 Å². The Hall–Kier alpha value is -3.44. The fourth-order valence-electron chi connectivity index (χ4n) is 2.55. The van der Waals surface area contributed by atoms with Crippen LogP contribution in [0, 0.1) is 11.3 Å². The third-order valence-corrected chi connectivity index (χ3v) is 3.75. The number of ketones is 1. The lowest BCUT2D eigenvalue weighted by Gasteiger charge is -2.04. The summed E-state index contributed by atoms with van der Waals surface area (Å²) >= 11 is 0. The zero-order valence-corrected chi connectivity index (χ0v) is 13.0. The van der Waals surface area contributed by atoms with Gasteiger partial charge >= 0.3 is 0 Å². The summed E-state index contributed by atoms with van der Waals surface area (Å²) in [6.07, 6.45) is 5.17. The van der Waals surface area contributed by atoms with Crippen LogP contribution in [0.15, 0.2) is 90.5 Å². The lowest BCUT2D eigenvalue weighted by Crippen LogP contribution is -2.02. The summed E-state index contributed by atoms with van der Waals surface area (Å²) in [6.45, 7) is 0. The van der Waals surface area contributed by atoms with Crippen LogP contribution in [0.5, 0.6) is 0 Å². The van der Waals surface area contributed by atoms with E-state index in [0.29, 0.717) is 5.56 Å². The highest BCUT2D eigenvalue weighted by atomic mass is 16.1. The van der Waals surface area contributed by atoms with Crippen LogP contribution in [0.4, 0.5) is 0 Å². The molecule has 0 aromatic heterocycles. The molecular formula is C22H15NO. The fraction of sp³-hybridized carbons (Fsp3) is 0. The number of hydrogen-bond acceptors (Lipinski definition) is 2. The number of allylic oxidation sites excluding steroid dienone is 3. The van der Waals surface area contributed by atoms with Crippen molar-refractivity contribution in [3.8, 4) is 6.07 Å². The Balaban J connectivity index is 1.93. The monoisotopic (exact) mass is 309 g/mol. The van der Waals surface area contributed by atoms with Crippen LogP contribution < -0.4 is 0 Å². The van der Waals surface area contributed by atoms with Gasteiger partial charge in [0.1, 0.15) is 6.07 Å². The molecule has 2 heteroatoms. The number of nitriles is 1. The molecule has 0 aliphatic rings. The van der Waals surface area contributed by atoms with Gasteiger partial charge < -0.3 is 0 Å². The molecule has 0 amide bonds. The second-order valence-corrected chi connectivity index (χ2v) is 5.32. The number of Topliss-reactive ketones (excluding diaryl/α,β-unsaturated/α-hetero) is 1. The Morgan fingerprint density at radius 1 is 0.875 bits per heavy atom. The summed E-state index contributed by atoms with van der Waals surface area (Å²) in [6, 6.07) is 25.0. The SMILES string of the molecule is N#C/C(=C/C=C/c1ccccc1)C(=O)c1cccc2ccccc12. The first-order chi connectivity index (χ1) is 11.8. The molecule has 0 spiro atoms. The van der Waals surface area contributed by atoms with Gasteiger partial charge in [0.25, 0.3) is 0 Å². The van der Waals surface area contributed by atoms with Crippen LogP contribution in [-0.2, 0) is 0 Å². The molecule has 24 heavy (non-hydrogen) atoms. The molecule has 114 valence electrons. The molecule has 2 nitrogen and oxygen atoms in total. The van der Waals surface area contributed by atoms with Crippen LogP contribution in [0.2, 0.25) is 0 Å². The Morgan fingerprint density at radius 2 is 1.58 bits per heavy atom. The van der Waals surface area contributed by atoms with Crippen LogP contribution in [0.1, 0.15) is 15.9 Å².